The van der Waals surface area contributed by atoms with Crippen LogP contribution in [0.2, 0.25) is 0 Å². The number of carbonyl (C=O) groups is 1. The fourth-order valence-electron chi connectivity index (χ4n) is 4.66. The van der Waals surface area contributed by atoms with E-state index in [2.05, 4.69) is 45.0 Å². The molecule has 6 nitrogen and oxygen atoms in total. The molecule has 2 saturated heterocycles. The molecule has 2 fully saturated rings. The van der Waals surface area contributed by atoms with E-state index in [4.69, 9.17) is 4.74 Å². The number of benzene rings is 2. The predicted octanol–water partition coefficient (Wildman–Crippen LogP) is 2.34. The van der Waals surface area contributed by atoms with Gasteiger partial charge in [0.2, 0.25) is 5.91 Å². The van der Waals surface area contributed by atoms with Gasteiger partial charge in [-0.25, -0.2) is 4.39 Å². The monoisotopic (exact) mass is 454 g/mol. The molecule has 2 heterocycles. The molecule has 0 radical (unpaired) electrons. The summed E-state index contributed by atoms with van der Waals surface area (Å²) in [5.41, 5.74) is 2.23. The van der Waals surface area contributed by atoms with Crippen LogP contribution in [0.3, 0.4) is 0 Å². The van der Waals surface area contributed by atoms with E-state index in [0.29, 0.717) is 31.9 Å². The van der Waals surface area contributed by atoms with Gasteiger partial charge in [-0.05, 0) is 30.2 Å². The minimum absolute atomic E-state index is 0.218. The molecule has 0 aliphatic carbocycles. The average molecular weight is 455 g/mol. The second kappa shape index (κ2) is 11.6. The van der Waals surface area contributed by atoms with Crippen LogP contribution in [0.15, 0.2) is 48.5 Å². The van der Waals surface area contributed by atoms with Crippen molar-refractivity contribution >= 4 is 5.91 Å². The zero-order chi connectivity index (χ0) is 23.0. The Kier molecular flexibility index (Phi) is 8.31. The summed E-state index contributed by atoms with van der Waals surface area (Å²) in [5, 5.41) is 0. The summed E-state index contributed by atoms with van der Waals surface area (Å²) in [6, 6.07) is 15.2. The van der Waals surface area contributed by atoms with Gasteiger partial charge in [-0.15, -0.1) is 0 Å². The number of rotatable bonds is 8. The van der Waals surface area contributed by atoms with Crippen LogP contribution in [-0.2, 0) is 17.8 Å². The zero-order valence-electron chi connectivity index (χ0n) is 19.6. The maximum atomic E-state index is 13.6. The summed E-state index contributed by atoms with van der Waals surface area (Å²) in [5.74, 6) is 0.674. The standard InChI is InChI=1S/C26H35FN4O2/c1-33-25-8-7-24(27)19-23(25)20-29-15-17-31(18-16-29)26(32)21-30-13-11-28(12-14-30)10-9-22-5-3-2-4-6-22/h2-8,19H,9-18,20-21H2,1H3. The molecular formula is C26H35FN4O2. The summed E-state index contributed by atoms with van der Waals surface area (Å²) in [4.78, 5) is 21.9. The minimum atomic E-state index is -0.250. The number of halogens is 1. The van der Waals surface area contributed by atoms with Gasteiger partial charge in [-0.2, -0.15) is 0 Å². The van der Waals surface area contributed by atoms with Gasteiger partial charge < -0.3 is 14.5 Å². The van der Waals surface area contributed by atoms with E-state index in [1.54, 1.807) is 13.2 Å². The van der Waals surface area contributed by atoms with Crippen molar-refractivity contribution in [2.45, 2.75) is 13.0 Å². The molecule has 0 N–H and O–H groups in total. The molecule has 2 aromatic rings. The van der Waals surface area contributed by atoms with E-state index >= 15 is 0 Å². The molecular weight excluding hydrogens is 419 g/mol. The topological polar surface area (TPSA) is 39.3 Å². The molecule has 0 saturated carbocycles. The summed E-state index contributed by atoms with van der Waals surface area (Å²) < 4.78 is 19.0. The highest BCUT2D eigenvalue weighted by molar-refractivity contribution is 5.78. The van der Waals surface area contributed by atoms with Crippen LogP contribution >= 0.6 is 0 Å². The average Bonchev–Trinajstić information content (AvgIpc) is 2.85. The minimum Gasteiger partial charge on any atom is -0.496 e. The quantitative estimate of drug-likeness (QED) is 0.612. The predicted molar refractivity (Wildman–Crippen MR) is 128 cm³/mol. The lowest BCUT2D eigenvalue weighted by Crippen LogP contribution is -2.53. The Morgan fingerprint density at radius 2 is 1.55 bits per heavy atom. The van der Waals surface area contributed by atoms with Crippen LogP contribution < -0.4 is 4.74 Å². The van der Waals surface area contributed by atoms with Crippen molar-refractivity contribution in [2.75, 3.05) is 72.6 Å². The van der Waals surface area contributed by atoms with Crippen LogP contribution in [0.1, 0.15) is 11.1 Å². The number of methoxy groups -OCH3 is 1. The van der Waals surface area contributed by atoms with Gasteiger partial charge in [-0.1, -0.05) is 30.3 Å². The number of ether oxygens (including phenoxy) is 1. The molecule has 7 heteroatoms. The fraction of sp³-hybridized carbons (Fsp3) is 0.500. The highest BCUT2D eigenvalue weighted by Crippen LogP contribution is 2.21. The van der Waals surface area contributed by atoms with E-state index in [-0.39, 0.29) is 11.7 Å². The molecule has 0 aromatic heterocycles. The lowest BCUT2D eigenvalue weighted by molar-refractivity contribution is -0.134. The first-order valence-electron chi connectivity index (χ1n) is 11.9. The lowest BCUT2D eigenvalue weighted by atomic mass is 10.1. The van der Waals surface area contributed by atoms with Crippen molar-refractivity contribution in [1.82, 2.24) is 19.6 Å². The Balaban J connectivity index is 1.16. The number of amides is 1. The Bertz CT molecular complexity index is 894. The van der Waals surface area contributed by atoms with Crippen molar-refractivity contribution in [2.24, 2.45) is 0 Å². The molecule has 0 bridgehead atoms. The third-order valence-electron chi connectivity index (χ3n) is 6.74. The first-order valence-corrected chi connectivity index (χ1v) is 11.9. The van der Waals surface area contributed by atoms with Crippen LogP contribution in [0.5, 0.6) is 5.75 Å². The molecule has 2 aromatic carbocycles. The molecule has 0 spiro atoms. The Morgan fingerprint density at radius 1 is 0.879 bits per heavy atom. The van der Waals surface area contributed by atoms with E-state index in [9.17, 15) is 9.18 Å². The Hall–Kier alpha value is -2.48. The smallest absolute Gasteiger partial charge is 0.236 e. The molecule has 0 atom stereocenters. The van der Waals surface area contributed by atoms with Crippen LogP contribution in [0.25, 0.3) is 0 Å². The molecule has 0 unspecified atom stereocenters. The molecule has 1 amide bonds. The SMILES string of the molecule is COc1ccc(F)cc1CN1CCN(C(=O)CN2CCN(CCc3ccccc3)CC2)CC1. The third kappa shape index (κ3) is 6.76. The van der Waals surface area contributed by atoms with Gasteiger partial charge in [0.15, 0.2) is 0 Å². The van der Waals surface area contributed by atoms with E-state index in [0.717, 1.165) is 57.8 Å². The molecule has 178 valence electrons. The highest BCUT2D eigenvalue weighted by Gasteiger charge is 2.25. The normalized spacial score (nSPS) is 18.4. The van der Waals surface area contributed by atoms with E-state index in [1.807, 2.05) is 4.90 Å². The van der Waals surface area contributed by atoms with Gasteiger partial charge in [0.05, 0.1) is 13.7 Å². The van der Waals surface area contributed by atoms with Crippen molar-refractivity contribution in [3.63, 3.8) is 0 Å². The van der Waals surface area contributed by atoms with Crippen LogP contribution in [0.4, 0.5) is 4.39 Å². The largest absolute Gasteiger partial charge is 0.496 e. The summed E-state index contributed by atoms with van der Waals surface area (Å²) in [6.07, 6.45) is 1.07. The summed E-state index contributed by atoms with van der Waals surface area (Å²) in [7, 11) is 1.61. The van der Waals surface area contributed by atoms with Crippen molar-refractivity contribution in [3.05, 3.63) is 65.5 Å². The number of piperazine rings is 2. The maximum absolute atomic E-state index is 13.6. The number of hydrogen-bond acceptors (Lipinski definition) is 5. The van der Waals surface area contributed by atoms with E-state index < -0.39 is 0 Å². The summed E-state index contributed by atoms with van der Waals surface area (Å²) >= 11 is 0. The van der Waals surface area contributed by atoms with Crippen molar-refractivity contribution in [1.29, 1.82) is 0 Å². The molecule has 2 aliphatic heterocycles. The Morgan fingerprint density at radius 3 is 2.24 bits per heavy atom. The number of carbonyl (C=O) groups excluding carboxylic acids is 1. The fourth-order valence-corrected chi connectivity index (χ4v) is 4.66. The second-order valence-electron chi connectivity index (χ2n) is 8.97. The van der Waals surface area contributed by atoms with Gasteiger partial charge in [0, 0.05) is 71.0 Å². The first kappa shape index (κ1) is 23.7. The van der Waals surface area contributed by atoms with Crippen molar-refractivity contribution in [3.8, 4) is 5.75 Å². The summed E-state index contributed by atoms with van der Waals surface area (Å²) in [6.45, 7) is 9.15. The first-order chi connectivity index (χ1) is 16.1. The second-order valence-corrected chi connectivity index (χ2v) is 8.97. The lowest BCUT2D eigenvalue weighted by Gasteiger charge is -2.38. The van der Waals surface area contributed by atoms with E-state index in [1.165, 1.54) is 17.7 Å². The molecule has 2 aliphatic rings. The van der Waals surface area contributed by atoms with Gasteiger partial charge >= 0.3 is 0 Å². The van der Waals surface area contributed by atoms with Gasteiger partial charge in [-0.3, -0.25) is 14.6 Å². The van der Waals surface area contributed by atoms with Crippen molar-refractivity contribution < 1.29 is 13.9 Å². The number of hydrogen-bond donors (Lipinski definition) is 0. The molecule has 4 rings (SSSR count). The van der Waals surface area contributed by atoms with Gasteiger partial charge in [0.1, 0.15) is 11.6 Å². The zero-order valence-corrected chi connectivity index (χ0v) is 19.6. The van der Waals surface area contributed by atoms with Crippen LogP contribution in [0, 0.1) is 5.82 Å². The third-order valence-corrected chi connectivity index (χ3v) is 6.74. The number of nitrogens with zero attached hydrogens (tertiary/aromatic N) is 4. The van der Waals surface area contributed by atoms with Crippen LogP contribution in [-0.4, -0.2) is 98.1 Å². The Labute approximate surface area is 196 Å². The maximum Gasteiger partial charge on any atom is 0.236 e. The molecule has 33 heavy (non-hydrogen) atoms. The van der Waals surface area contributed by atoms with Gasteiger partial charge in [0.25, 0.3) is 0 Å². The highest BCUT2D eigenvalue weighted by atomic mass is 19.1.